The van der Waals surface area contributed by atoms with Gasteiger partial charge in [0.2, 0.25) is 0 Å². The minimum absolute atomic E-state index is 0. The molecule has 0 nitrogen and oxygen atoms in total. The molecule has 3 heteroatoms. The Morgan fingerprint density at radius 1 is 0.786 bits per heavy atom. The molecule has 0 aliphatic carbocycles. The summed E-state index contributed by atoms with van der Waals surface area (Å²) in [5.74, 6) is 0. The summed E-state index contributed by atoms with van der Waals surface area (Å²) in [6.07, 6.45) is 0. The van der Waals surface area contributed by atoms with Crippen LogP contribution in [0, 0.1) is 0 Å². The van der Waals surface area contributed by atoms with Crippen LogP contribution in [0.25, 0.3) is 0 Å². The Bertz CT molecular complexity index is 64.3. The molecule has 0 bridgehead atoms. The number of rotatable bonds is 1. The van der Waals surface area contributed by atoms with Crippen LogP contribution in [0.2, 0.25) is 13.6 Å². The van der Waals surface area contributed by atoms with Gasteiger partial charge < -0.3 is 0 Å². The van der Waals surface area contributed by atoms with Crippen LogP contribution in [0.5, 0.6) is 0 Å². The predicted molar refractivity (Wildman–Crippen MR) is 84.2 cm³/mol. The van der Waals surface area contributed by atoms with Gasteiger partial charge in [0, 0.05) is 47.8 Å². The van der Waals surface area contributed by atoms with E-state index in [1.807, 2.05) is 6.92 Å². The van der Waals surface area contributed by atoms with E-state index in [0.717, 1.165) is 0 Å². The van der Waals surface area contributed by atoms with Crippen molar-refractivity contribution >= 4 is 54.5 Å². The molecule has 0 aliphatic rings. The second-order valence-electron chi connectivity index (χ2n) is 2.00. The van der Waals surface area contributed by atoms with E-state index in [0.29, 0.717) is 6.71 Å². The van der Waals surface area contributed by atoms with Gasteiger partial charge in [0.05, 0.1) is 0 Å². The van der Waals surface area contributed by atoms with Gasteiger partial charge >= 0.3 is 0 Å². The molecule has 0 rings (SSSR count). The van der Waals surface area contributed by atoms with Gasteiger partial charge in [-0.05, 0) is 0 Å². The van der Waals surface area contributed by atoms with Crippen LogP contribution in [-0.4, -0.2) is 54.5 Å². The Labute approximate surface area is 131 Å². The molecule has 0 atom stereocenters. The fraction of sp³-hybridized carbons (Fsp3) is 0.818. The van der Waals surface area contributed by atoms with E-state index in [2.05, 4.69) is 20.2 Å². The standard InChI is InChI=1S/C5H11B.6CH4.2Sn/c1-5(2)6(3)4;;;;;;;;/h1H2,2-4H3;6*1H4;;. The van der Waals surface area contributed by atoms with Gasteiger partial charge in [-0.2, -0.15) is 0 Å². The number of allylic oxidation sites excluding steroid dienone is 1. The van der Waals surface area contributed by atoms with Gasteiger partial charge in [-0.15, -0.1) is 12.1 Å². The van der Waals surface area contributed by atoms with Gasteiger partial charge in [0.1, 0.15) is 0 Å². The van der Waals surface area contributed by atoms with Gasteiger partial charge in [-0.3, -0.25) is 0 Å². The van der Waals surface area contributed by atoms with Crippen molar-refractivity contribution in [3.05, 3.63) is 12.1 Å². The predicted octanol–water partition coefficient (Wildman–Crippen LogP) is 4.91. The fourth-order valence-corrected chi connectivity index (χ4v) is 0. The van der Waals surface area contributed by atoms with E-state index in [1.54, 1.807) is 0 Å². The average molecular weight is 416 g/mol. The first-order valence-corrected chi connectivity index (χ1v) is 2.30. The average Bonchev–Trinajstić information content (AvgIpc) is 1.36. The molecule has 0 heterocycles. The molecule has 8 radical (unpaired) electrons. The van der Waals surface area contributed by atoms with E-state index in [4.69, 9.17) is 0 Å². The Hall–Kier alpha value is 1.40. The van der Waals surface area contributed by atoms with Crippen LogP contribution >= 0.6 is 0 Å². The van der Waals surface area contributed by atoms with Crippen LogP contribution in [-0.2, 0) is 0 Å². The van der Waals surface area contributed by atoms with Crippen LogP contribution in [0.4, 0.5) is 0 Å². The molecule has 14 heavy (non-hydrogen) atoms. The molecule has 0 saturated carbocycles. The molecule has 0 N–H and O–H groups in total. The third-order valence-electron chi connectivity index (χ3n) is 0.986. The van der Waals surface area contributed by atoms with E-state index in [9.17, 15) is 0 Å². The van der Waals surface area contributed by atoms with Crippen LogP contribution < -0.4 is 0 Å². The molecule has 90 valence electrons. The zero-order valence-corrected chi connectivity index (χ0v) is 11.5. The maximum Gasteiger partial charge on any atom is 0.163 e. The first kappa shape index (κ1) is 77.9. The third kappa shape index (κ3) is 70.6. The molecule has 0 fully saturated rings. The van der Waals surface area contributed by atoms with Crippen molar-refractivity contribution in [2.45, 2.75) is 65.1 Å². The Kier molecular flexibility index (Phi) is 263. The van der Waals surface area contributed by atoms with Crippen LogP contribution in [0.3, 0.4) is 0 Å². The smallest absolute Gasteiger partial charge is 0.112 e. The SMILES string of the molecule is C.C.C.C.C.C.C=C(C)B(C)C.[Sn].[Sn]. The maximum absolute atomic E-state index is 3.75. The van der Waals surface area contributed by atoms with Crippen molar-refractivity contribution in [3.8, 4) is 0 Å². The normalized spacial score (nSPS) is 3.36. The molecule has 0 aromatic rings. The van der Waals surface area contributed by atoms with Crippen molar-refractivity contribution in [1.29, 1.82) is 0 Å². The van der Waals surface area contributed by atoms with Crippen molar-refractivity contribution in [2.24, 2.45) is 0 Å². The zero-order valence-electron chi connectivity index (χ0n) is 5.78. The van der Waals surface area contributed by atoms with Gasteiger partial charge in [0.25, 0.3) is 0 Å². The largest absolute Gasteiger partial charge is 0.163 e. The summed E-state index contributed by atoms with van der Waals surface area (Å²) in [7, 11) is 0. The zero-order chi connectivity index (χ0) is 5.15. The summed E-state index contributed by atoms with van der Waals surface area (Å²) in [4.78, 5) is 0. The van der Waals surface area contributed by atoms with Gasteiger partial charge in [-0.25, -0.2) is 0 Å². The van der Waals surface area contributed by atoms with Crippen molar-refractivity contribution in [1.82, 2.24) is 0 Å². The minimum Gasteiger partial charge on any atom is -0.112 e. The Morgan fingerprint density at radius 3 is 0.857 bits per heavy atom. The summed E-state index contributed by atoms with van der Waals surface area (Å²) in [5.41, 5.74) is 1.26. The second-order valence-corrected chi connectivity index (χ2v) is 2.00. The molecular weight excluding hydrogens is 380 g/mol. The van der Waals surface area contributed by atoms with Gasteiger partial charge in [0.15, 0.2) is 6.71 Å². The van der Waals surface area contributed by atoms with Crippen LogP contribution in [0.1, 0.15) is 51.5 Å². The number of hydrogen-bond acceptors (Lipinski definition) is 0. The molecule has 0 amide bonds. The molecular formula is C11H35BSn2. The monoisotopic (exact) mass is 418 g/mol. The maximum atomic E-state index is 3.75. The number of hydrogen-bond donors (Lipinski definition) is 0. The quantitative estimate of drug-likeness (QED) is 0.534. The van der Waals surface area contributed by atoms with Gasteiger partial charge in [-0.1, -0.05) is 65.1 Å². The molecule has 0 aromatic carbocycles. The van der Waals surface area contributed by atoms with Crippen molar-refractivity contribution in [2.75, 3.05) is 0 Å². The van der Waals surface area contributed by atoms with E-state index >= 15 is 0 Å². The first-order valence-electron chi connectivity index (χ1n) is 2.30. The summed E-state index contributed by atoms with van der Waals surface area (Å²) >= 11 is 0. The van der Waals surface area contributed by atoms with Crippen molar-refractivity contribution in [3.63, 3.8) is 0 Å². The molecule has 0 aliphatic heterocycles. The van der Waals surface area contributed by atoms with E-state index in [-0.39, 0.29) is 92.4 Å². The van der Waals surface area contributed by atoms with Crippen LogP contribution in [0.15, 0.2) is 12.1 Å². The van der Waals surface area contributed by atoms with E-state index < -0.39 is 0 Å². The Morgan fingerprint density at radius 2 is 0.857 bits per heavy atom. The molecule has 0 spiro atoms. The summed E-state index contributed by atoms with van der Waals surface area (Å²) in [5, 5.41) is 0. The first-order chi connectivity index (χ1) is 2.64. The summed E-state index contributed by atoms with van der Waals surface area (Å²) < 4.78 is 0. The molecule has 0 unspecified atom stereocenters. The third-order valence-corrected chi connectivity index (χ3v) is 0.986. The summed E-state index contributed by atoms with van der Waals surface area (Å²) in [6, 6.07) is 0. The molecule has 0 saturated heterocycles. The summed E-state index contributed by atoms with van der Waals surface area (Å²) in [6.45, 7) is 10.7. The topological polar surface area (TPSA) is 0 Å². The second kappa shape index (κ2) is 47.2. The van der Waals surface area contributed by atoms with E-state index in [1.165, 1.54) is 5.47 Å². The van der Waals surface area contributed by atoms with Crippen molar-refractivity contribution < 1.29 is 0 Å². The minimum atomic E-state index is 0. The molecule has 0 aromatic heterocycles. The Balaban J connectivity index is -0.00000000446. The fourth-order valence-electron chi connectivity index (χ4n) is 0.